The van der Waals surface area contributed by atoms with Crippen molar-refractivity contribution >= 4 is 11.9 Å². The van der Waals surface area contributed by atoms with E-state index in [-0.39, 0.29) is 22.6 Å². The quantitative estimate of drug-likeness (QED) is 0.524. The topological polar surface area (TPSA) is 82.1 Å². The van der Waals surface area contributed by atoms with Crippen molar-refractivity contribution in [1.82, 2.24) is 0 Å². The summed E-state index contributed by atoms with van der Waals surface area (Å²) >= 11 is 0. The maximum atomic E-state index is 11.9. The van der Waals surface area contributed by atoms with Crippen LogP contribution in [-0.2, 0) is 4.74 Å². The normalized spacial score (nSPS) is 10.2. The fourth-order valence-electron chi connectivity index (χ4n) is 1.93. The van der Waals surface area contributed by atoms with E-state index in [0.717, 1.165) is 25.7 Å². The van der Waals surface area contributed by atoms with E-state index in [4.69, 9.17) is 14.2 Å². The number of carbonyl (C=O) groups is 2. The van der Waals surface area contributed by atoms with Gasteiger partial charge in [-0.05, 0) is 25.0 Å². The van der Waals surface area contributed by atoms with E-state index in [1.807, 2.05) is 13.8 Å². The smallest absolute Gasteiger partial charge is 0.341 e. The van der Waals surface area contributed by atoms with Crippen LogP contribution in [0.4, 0.5) is 0 Å². The van der Waals surface area contributed by atoms with Crippen LogP contribution in [0.5, 0.6) is 11.5 Å². The van der Waals surface area contributed by atoms with Gasteiger partial charge in [-0.25, -0.2) is 9.59 Å². The maximum absolute atomic E-state index is 11.9. The first-order valence-electron chi connectivity index (χ1n) is 7.80. The monoisotopic (exact) mass is 324 g/mol. The number of unbranched alkanes of at least 4 members (excludes halogenated alkanes) is 2. The molecule has 0 aliphatic heterocycles. The molecular formula is C17H24O6. The van der Waals surface area contributed by atoms with Gasteiger partial charge in [0, 0.05) is 0 Å². The van der Waals surface area contributed by atoms with Gasteiger partial charge in [-0.15, -0.1) is 0 Å². The van der Waals surface area contributed by atoms with Crippen molar-refractivity contribution in [3.8, 4) is 11.5 Å². The van der Waals surface area contributed by atoms with E-state index in [0.29, 0.717) is 13.2 Å². The summed E-state index contributed by atoms with van der Waals surface area (Å²) in [4.78, 5) is 23.4. The molecule has 1 aromatic carbocycles. The molecule has 0 heterocycles. The van der Waals surface area contributed by atoms with Crippen molar-refractivity contribution in [3.05, 3.63) is 23.3 Å². The van der Waals surface area contributed by atoms with Gasteiger partial charge in [-0.2, -0.15) is 0 Å². The van der Waals surface area contributed by atoms with Crippen LogP contribution < -0.4 is 9.47 Å². The Kier molecular flexibility index (Phi) is 7.94. The highest BCUT2D eigenvalue weighted by atomic mass is 16.5. The molecular weight excluding hydrogens is 300 g/mol. The first kappa shape index (κ1) is 18.8. The molecule has 128 valence electrons. The third kappa shape index (κ3) is 5.16. The number of ether oxygens (including phenoxy) is 3. The van der Waals surface area contributed by atoms with Gasteiger partial charge < -0.3 is 19.3 Å². The lowest BCUT2D eigenvalue weighted by atomic mass is 10.1. The summed E-state index contributed by atoms with van der Waals surface area (Å²) in [5.74, 6) is -1.49. The first-order chi connectivity index (χ1) is 11.1. The predicted molar refractivity (Wildman–Crippen MR) is 85.5 cm³/mol. The van der Waals surface area contributed by atoms with Gasteiger partial charge in [0.25, 0.3) is 0 Å². The molecule has 23 heavy (non-hydrogen) atoms. The van der Waals surface area contributed by atoms with Gasteiger partial charge >= 0.3 is 11.9 Å². The van der Waals surface area contributed by atoms with E-state index in [1.165, 1.54) is 19.2 Å². The Bertz CT molecular complexity index is 538. The van der Waals surface area contributed by atoms with Gasteiger partial charge in [0.1, 0.15) is 11.1 Å². The lowest BCUT2D eigenvalue weighted by Crippen LogP contribution is -2.12. The third-order valence-corrected chi connectivity index (χ3v) is 3.24. The number of hydrogen-bond acceptors (Lipinski definition) is 5. The summed E-state index contributed by atoms with van der Waals surface area (Å²) in [6.07, 6.45) is 3.38. The van der Waals surface area contributed by atoms with E-state index >= 15 is 0 Å². The zero-order valence-electron chi connectivity index (χ0n) is 13.9. The largest absolute Gasteiger partial charge is 0.489 e. The minimum absolute atomic E-state index is 0.0275. The molecule has 6 nitrogen and oxygen atoms in total. The minimum Gasteiger partial charge on any atom is -0.489 e. The Morgan fingerprint density at radius 3 is 1.87 bits per heavy atom. The number of benzene rings is 1. The fourth-order valence-corrected chi connectivity index (χ4v) is 1.93. The Hall–Kier alpha value is -2.24. The number of carboxylic acid groups (broad SMARTS) is 1. The van der Waals surface area contributed by atoms with Gasteiger partial charge in [0.2, 0.25) is 0 Å². The van der Waals surface area contributed by atoms with Crippen molar-refractivity contribution in [1.29, 1.82) is 0 Å². The number of methoxy groups -OCH3 is 1. The van der Waals surface area contributed by atoms with E-state index in [1.54, 1.807) is 0 Å². The summed E-state index contributed by atoms with van der Waals surface area (Å²) in [7, 11) is 1.26. The van der Waals surface area contributed by atoms with Gasteiger partial charge in [-0.1, -0.05) is 26.7 Å². The predicted octanol–water partition coefficient (Wildman–Crippen LogP) is 3.53. The average Bonchev–Trinajstić information content (AvgIpc) is 2.54. The van der Waals surface area contributed by atoms with Crippen LogP contribution in [0.15, 0.2) is 12.1 Å². The molecule has 0 atom stereocenters. The molecule has 0 radical (unpaired) electrons. The molecule has 0 unspecified atom stereocenters. The first-order valence-corrected chi connectivity index (χ1v) is 7.80. The zero-order valence-corrected chi connectivity index (χ0v) is 13.9. The SMILES string of the molecule is CCCCOc1c(C(=O)O)ccc(C(=O)OC)c1OCCCC. The average molecular weight is 324 g/mol. The molecule has 0 saturated carbocycles. The summed E-state index contributed by atoms with van der Waals surface area (Å²) in [6, 6.07) is 2.73. The molecule has 0 spiro atoms. The molecule has 0 amide bonds. The number of carboxylic acids is 1. The number of aromatic carboxylic acids is 1. The van der Waals surface area contributed by atoms with Crippen LogP contribution in [0, 0.1) is 0 Å². The fraction of sp³-hybridized carbons (Fsp3) is 0.529. The lowest BCUT2D eigenvalue weighted by Gasteiger charge is -2.17. The van der Waals surface area contributed by atoms with Crippen molar-refractivity contribution in [2.45, 2.75) is 39.5 Å². The van der Waals surface area contributed by atoms with Gasteiger partial charge in [0.05, 0.1) is 20.3 Å². The molecule has 6 heteroatoms. The van der Waals surface area contributed by atoms with Crippen LogP contribution in [0.3, 0.4) is 0 Å². The Labute approximate surface area is 136 Å². The van der Waals surface area contributed by atoms with Crippen LogP contribution >= 0.6 is 0 Å². The van der Waals surface area contributed by atoms with Crippen molar-refractivity contribution in [2.24, 2.45) is 0 Å². The molecule has 1 aromatic rings. The van der Waals surface area contributed by atoms with Crippen molar-refractivity contribution in [2.75, 3.05) is 20.3 Å². The lowest BCUT2D eigenvalue weighted by molar-refractivity contribution is 0.0591. The minimum atomic E-state index is -1.13. The Balaban J connectivity index is 3.29. The molecule has 0 bridgehead atoms. The highest BCUT2D eigenvalue weighted by Crippen LogP contribution is 2.36. The second-order valence-corrected chi connectivity index (χ2v) is 5.02. The molecule has 1 N–H and O–H groups in total. The number of rotatable bonds is 10. The Morgan fingerprint density at radius 2 is 1.43 bits per heavy atom. The second kappa shape index (κ2) is 9.71. The maximum Gasteiger partial charge on any atom is 0.341 e. The molecule has 0 saturated heterocycles. The van der Waals surface area contributed by atoms with Crippen LogP contribution in [0.25, 0.3) is 0 Å². The number of esters is 1. The summed E-state index contributed by atoms with van der Waals surface area (Å²) in [5, 5.41) is 9.35. The molecule has 0 aliphatic carbocycles. The summed E-state index contributed by atoms with van der Waals surface area (Å²) in [6.45, 7) is 4.74. The van der Waals surface area contributed by atoms with E-state index < -0.39 is 11.9 Å². The summed E-state index contributed by atoms with van der Waals surface area (Å²) in [5.41, 5.74) is 0.139. The van der Waals surface area contributed by atoms with E-state index in [9.17, 15) is 14.7 Å². The number of hydrogen-bond donors (Lipinski definition) is 1. The van der Waals surface area contributed by atoms with Gasteiger partial charge in [0.15, 0.2) is 11.5 Å². The molecule has 0 aromatic heterocycles. The zero-order chi connectivity index (χ0) is 17.2. The molecule has 0 aliphatic rings. The highest BCUT2D eigenvalue weighted by Gasteiger charge is 2.24. The molecule has 0 fully saturated rings. The number of carbonyl (C=O) groups excluding carboxylic acids is 1. The second-order valence-electron chi connectivity index (χ2n) is 5.02. The highest BCUT2D eigenvalue weighted by molar-refractivity contribution is 5.98. The van der Waals surface area contributed by atoms with Crippen molar-refractivity contribution < 1.29 is 28.9 Å². The molecule has 1 rings (SSSR count). The summed E-state index contributed by atoms with van der Waals surface area (Å²) < 4.78 is 16.0. The third-order valence-electron chi connectivity index (χ3n) is 3.24. The van der Waals surface area contributed by atoms with Crippen LogP contribution in [-0.4, -0.2) is 37.4 Å². The van der Waals surface area contributed by atoms with Crippen molar-refractivity contribution in [3.63, 3.8) is 0 Å². The van der Waals surface area contributed by atoms with E-state index in [2.05, 4.69) is 0 Å². The Morgan fingerprint density at radius 1 is 0.957 bits per heavy atom. The van der Waals surface area contributed by atoms with Crippen LogP contribution in [0.1, 0.15) is 60.2 Å². The van der Waals surface area contributed by atoms with Crippen LogP contribution in [0.2, 0.25) is 0 Å². The van der Waals surface area contributed by atoms with Gasteiger partial charge in [-0.3, -0.25) is 0 Å². The standard InChI is InChI=1S/C17H24O6/c1-4-6-10-22-14-12(16(18)19)8-9-13(17(20)21-3)15(14)23-11-7-5-2/h8-9H,4-7,10-11H2,1-3H3,(H,18,19).